The maximum Gasteiger partial charge on any atom is 0.254 e. The molecule has 0 saturated carbocycles. The number of fused-ring (bicyclic) bond motifs is 1. The van der Waals surface area contributed by atoms with Crippen molar-refractivity contribution in [3.05, 3.63) is 76.7 Å². The predicted octanol–water partition coefficient (Wildman–Crippen LogP) is 3.65. The molecule has 3 rings (SSSR count). The summed E-state index contributed by atoms with van der Waals surface area (Å²) in [7, 11) is 1.69. The summed E-state index contributed by atoms with van der Waals surface area (Å²) in [5, 5.41) is 22.8. The van der Waals surface area contributed by atoms with Gasteiger partial charge in [-0.1, -0.05) is 32.0 Å². The van der Waals surface area contributed by atoms with E-state index in [9.17, 15) is 14.0 Å². The van der Waals surface area contributed by atoms with Crippen LogP contribution in [0.5, 0.6) is 0 Å². The lowest BCUT2D eigenvalue weighted by Gasteiger charge is -2.42. The fourth-order valence-electron chi connectivity index (χ4n) is 4.13. The number of halogens is 1. The molecule has 2 aromatic rings. The van der Waals surface area contributed by atoms with E-state index in [1.165, 1.54) is 12.1 Å². The van der Waals surface area contributed by atoms with Gasteiger partial charge in [0.15, 0.2) is 0 Å². The summed E-state index contributed by atoms with van der Waals surface area (Å²) in [6.45, 7) is 4.35. The van der Waals surface area contributed by atoms with E-state index in [1.54, 1.807) is 48.5 Å². The molecular formula is C25H26FN5O2. The van der Waals surface area contributed by atoms with Crippen molar-refractivity contribution in [1.82, 2.24) is 10.2 Å². The number of nitrogens with zero attached hydrogens (tertiary/aromatic N) is 2. The number of hydrogen-bond donors (Lipinski definition) is 3. The largest absolute Gasteiger partial charge is 0.394 e. The zero-order valence-corrected chi connectivity index (χ0v) is 18.7. The lowest BCUT2D eigenvalue weighted by Crippen LogP contribution is -2.53. The number of nitrogens with one attached hydrogen (secondary N) is 3. The molecule has 1 aliphatic heterocycles. The SMILES string of the molecule is CN/C=C(\C=N)C1[C@H](C(=O)Nc2ccc(F)c(C#N)c2)c2ccccc2C(=O)N1CC(C)C. The third-order valence-corrected chi connectivity index (χ3v) is 5.46. The van der Waals surface area contributed by atoms with Gasteiger partial charge >= 0.3 is 0 Å². The van der Waals surface area contributed by atoms with Crippen LogP contribution >= 0.6 is 0 Å². The van der Waals surface area contributed by atoms with Crippen LogP contribution in [0.15, 0.2) is 54.2 Å². The van der Waals surface area contributed by atoms with Gasteiger partial charge in [0.25, 0.3) is 5.91 Å². The van der Waals surface area contributed by atoms with Crippen LogP contribution in [0.3, 0.4) is 0 Å². The smallest absolute Gasteiger partial charge is 0.254 e. The number of rotatable bonds is 7. The van der Waals surface area contributed by atoms with Crippen LogP contribution in [0.25, 0.3) is 0 Å². The topological polar surface area (TPSA) is 109 Å². The predicted molar refractivity (Wildman–Crippen MR) is 125 cm³/mol. The molecule has 0 fully saturated rings. The van der Waals surface area contributed by atoms with Gasteiger partial charge in [0.1, 0.15) is 11.9 Å². The molecule has 8 heteroatoms. The number of hydrogen-bond acceptors (Lipinski definition) is 5. The normalized spacial score (nSPS) is 17.9. The molecule has 2 aromatic carbocycles. The Bertz CT molecular complexity index is 1150. The van der Waals surface area contributed by atoms with E-state index in [0.29, 0.717) is 23.2 Å². The molecule has 3 N–H and O–H groups in total. The summed E-state index contributed by atoms with van der Waals surface area (Å²) in [4.78, 5) is 28.7. The van der Waals surface area contributed by atoms with Gasteiger partial charge in [-0.15, -0.1) is 0 Å². The van der Waals surface area contributed by atoms with E-state index in [-0.39, 0.29) is 23.1 Å². The second-order valence-electron chi connectivity index (χ2n) is 8.23. The van der Waals surface area contributed by atoms with Crippen molar-refractivity contribution in [3.8, 4) is 6.07 Å². The van der Waals surface area contributed by atoms with Gasteiger partial charge in [-0.2, -0.15) is 5.26 Å². The molecule has 1 unspecified atom stereocenters. The zero-order chi connectivity index (χ0) is 24.1. The summed E-state index contributed by atoms with van der Waals surface area (Å²) >= 11 is 0. The quantitative estimate of drug-likeness (QED) is 0.563. The van der Waals surface area contributed by atoms with E-state index in [4.69, 9.17) is 10.7 Å². The summed E-state index contributed by atoms with van der Waals surface area (Å²) in [5.74, 6) is -2.00. The number of anilines is 1. The Morgan fingerprint density at radius 3 is 2.67 bits per heavy atom. The standard InChI is InChI=1S/C25H26FN5O2/c1-15(2)14-31-23(17(12-28)13-29-3)22(19-6-4-5-7-20(19)25(31)33)24(32)30-18-8-9-21(26)16(10-18)11-27/h4-10,12-13,15,22-23,28-29H,14H2,1-3H3,(H,30,32)/b17-13+,28-12?/t22-,23?/m1/s1. The monoisotopic (exact) mass is 447 g/mol. The van der Waals surface area contributed by atoms with E-state index in [0.717, 1.165) is 12.3 Å². The molecule has 0 aliphatic carbocycles. The molecule has 2 amide bonds. The summed E-state index contributed by atoms with van der Waals surface area (Å²) < 4.78 is 13.8. The summed E-state index contributed by atoms with van der Waals surface area (Å²) in [6, 6.07) is 11.8. The number of carbonyl (C=O) groups excluding carboxylic acids is 2. The molecular weight excluding hydrogens is 421 g/mol. The van der Waals surface area contributed by atoms with E-state index in [2.05, 4.69) is 10.6 Å². The second kappa shape index (κ2) is 10.1. The van der Waals surface area contributed by atoms with E-state index >= 15 is 0 Å². The van der Waals surface area contributed by atoms with Crippen LogP contribution in [0.2, 0.25) is 0 Å². The highest BCUT2D eigenvalue weighted by molar-refractivity contribution is 6.05. The number of nitriles is 1. The molecule has 7 nitrogen and oxygen atoms in total. The van der Waals surface area contributed by atoms with Gasteiger partial charge in [-0.05, 0) is 35.7 Å². The van der Waals surface area contributed by atoms with Crippen molar-refractivity contribution in [3.63, 3.8) is 0 Å². The van der Waals surface area contributed by atoms with Crippen LogP contribution < -0.4 is 10.6 Å². The molecule has 1 heterocycles. The van der Waals surface area contributed by atoms with Crippen LogP contribution in [0, 0.1) is 28.5 Å². The maximum atomic E-state index is 13.8. The molecule has 0 radical (unpaired) electrons. The fourth-order valence-corrected chi connectivity index (χ4v) is 4.13. The second-order valence-corrected chi connectivity index (χ2v) is 8.23. The lowest BCUT2D eigenvalue weighted by molar-refractivity contribution is -0.118. The highest BCUT2D eigenvalue weighted by atomic mass is 19.1. The van der Waals surface area contributed by atoms with Crippen molar-refractivity contribution in [2.75, 3.05) is 18.9 Å². The lowest BCUT2D eigenvalue weighted by atomic mass is 9.78. The highest BCUT2D eigenvalue weighted by Crippen LogP contribution is 2.37. The minimum Gasteiger partial charge on any atom is -0.394 e. The fraction of sp³-hybridized carbons (Fsp3) is 0.280. The third kappa shape index (κ3) is 4.77. The third-order valence-electron chi connectivity index (χ3n) is 5.46. The average Bonchev–Trinajstić information content (AvgIpc) is 2.80. The van der Waals surface area contributed by atoms with Crippen LogP contribution in [-0.4, -0.2) is 42.6 Å². The van der Waals surface area contributed by atoms with Crippen molar-refractivity contribution < 1.29 is 14.0 Å². The van der Waals surface area contributed by atoms with Gasteiger partial charge in [0, 0.05) is 42.8 Å². The van der Waals surface area contributed by atoms with Crippen LogP contribution in [0.4, 0.5) is 10.1 Å². The van der Waals surface area contributed by atoms with E-state index < -0.39 is 23.7 Å². The molecule has 2 atom stereocenters. The van der Waals surface area contributed by atoms with Crippen molar-refractivity contribution in [2.45, 2.75) is 25.8 Å². The van der Waals surface area contributed by atoms with Gasteiger partial charge in [0.2, 0.25) is 5.91 Å². The first-order valence-corrected chi connectivity index (χ1v) is 10.6. The Labute approximate surface area is 192 Å². The minimum absolute atomic E-state index is 0.127. The number of benzene rings is 2. The molecule has 1 aliphatic rings. The maximum absolute atomic E-state index is 13.8. The zero-order valence-electron chi connectivity index (χ0n) is 18.7. The first-order chi connectivity index (χ1) is 15.8. The van der Waals surface area contributed by atoms with Gasteiger partial charge in [-0.3, -0.25) is 9.59 Å². The minimum atomic E-state index is -0.825. The van der Waals surface area contributed by atoms with Crippen molar-refractivity contribution in [2.24, 2.45) is 5.92 Å². The van der Waals surface area contributed by atoms with Crippen molar-refractivity contribution in [1.29, 1.82) is 10.7 Å². The number of amides is 2. The molecule has 170 valence electrons. The van der Waals surface area contributed by atoms with Crippen molar-refractivity contribution >= 4 is 23.7 Å². The molecule has 0 bridgehead atoms. The Morgan fingerprint density at radius 2 is 2.03 bits per heavy atom. The molecule has 0 aromatic heterocycles. The Kier molecular flexibility index (Phi) is 7.23. The molecule has 33 heavy (non-hydrogen) atoms. The Balaban J connectivity index is 2.15. The average molecular weight is 448 g/mol. The number of carbonyl (C=O) groups is 2. The van der Waals surface area contributed by atoms with Crippen LogP contribution in [-0.2, 0) is 4.79 Å². The Morgan fingerprint density at radius 1 is 1.30 bits per heavy atom. The summed E-state index contributed by atoms with van der Waals surface area (Å²) in [6.07, 6.45) is 2.75. The summed E-state index contributed by atoms with van der Waals surface area (Å²) in [5.41, 5.74) is 1.55. The Hall–Kier alpha value is -3.99. The highest BCUT2D eigenvalue weighted by Gasteiger charge is 2.44. The van der Waals surface area contributed by atoms with Gasteiger partial charge < -0.3 is 20.9 Å². The molecule has 0 spiro atoms. The first-order valence-electron chi connectivity index (χ1n) is 10.6. The van der Waals surface area contributed by atoms with Gasteiger partial charge in [-0.25, -0.2) is 4.39 Å². The van der Waals surface area contributed by atoms with E-state index in [1.807, 2.05) is 13.8 Å². The molecule has 0 saturated heterocycles. The first kappa shape index (κ1) is 23.7. The van der Waals surface area contributed by atoms with Gasteiger partial charge in [0.05, 0.1) is 17.5 Å². The van der Waals surface area contributed by atoms with Crippen LogP contribution in [0.1, 0.15) is 41.3 Å².